The van der Waals surface area contributed by atoms with Gasteiger partial charge in [0.2, 0.25) is 11.9 Å². The molecule has 0 bridgehead atoms. The van der Waals surface area contributed by atoms with Gasteiger partial charge in [-0.25, -0.2) is 4.98 Å². The van der Waals surface area contributed by atoms with E-state index in [4.69, 9.17) is 0 Å². The van der Waals surface area contributed by atoms with Crippen molar-refractivity contribution in [3.8, 4) is 0 Å². The summed E-state index contributed by atoms with van der Waals surface area (Å²) < 4.78 is 13.5. The lowest BCUT2D eigenvalue weighted by atomic mass is 9.96. The molecule has 6 heteroatoms. The lowest BCUT2D eigenvalue weighted by Crippen LogP contribution is -2.45. The molecular weight excluding hydrogens is 249 g/mol. The van der Waals surface area contributed by atoms with Gasteiger partial charge in [-0.1, -0.05) is 0 Å². The second-order valence-electron chi connectivity index (χ2n) is 4.55. The molecular formula is C13H16FN3O2. The SMILES string of the molecule is CNC(=O)C1CCCN(C(=O)c2cccnc2F)C1. The minimum atomic E-state index is -0.769. The monoisotopic (exact) mass is 265 g/mol. The molecule has 1 saturated heterocycles. The van der Waals surface area contributed by atoms with Crippen molar-refractivity contribution in [1.29, 1.82) is 0 Å². The van der Waals surface area contributed by atoms with Crippen LogP contribution in [0.15, 0.2) is 18.3 Å². The Morgan fingerprint density at radius 2 is 2.32 bits per heavy atom. The summed E-state index contributed by atoms with van der Waals surface area (Å²) in [6.07, 6.45) is 2.79. The Morgan fingerprint density at radius 1 is 1.53 bits per heavy atom. The molecule has 5 nitrogen and oxygen atoms in total. The first-order chi connectivity index (χ1) is 9.13. The lowest BCUT2D eigenvalue weighted by molar-refractivity contribution is -0.125. The molecule has 1 aromatic heterocycles. The minimum absolute atomic E-state index is 0.0416. The highest BCUT2D eigenvalue weighted by Crippen LogP contribution is 2.19. The Labute approximate surface area is 110 Å². The zero-order valence-corrected chi connectivity index (χ0v) is 10.7. The molecule has 0 aliphatic carbocycles. The third-order valence-electron chi connectivity index (χ3n) is 3.32. The molecule has 1 aliphatic heterocycles. The molecule has 2 amide bonds. The van der Waals surface area contributed by atoms with Crippen LogP contribution in [-0.4, -0.2) is 41.8 Å². The summed E-state index contributed by atoms with van der Waals surface area (Å²) >= 11 is 0. The van der Waals surface area contributed by atoms with E-state index < -0.39 is 11.9 Å². The number of nitrogens with zero attached hydrogens (tertiary/aromatic N) is 2. The predicted molar refractivity (Wildman–Crippen MR) is 66.9 cm³/mol. The van der Waals surface area contributed by atoms with Crippen molar-refractivity contribution in [2.45, 2.75) is 12.8 Å². The van der Waals surface area contributed by atoms with E-state index in [0.717, 1.165) is 12.8 Å². The standard InChI is InChI=1S/C13H16FN3O2/c1-15-12(18)9-4-3-7-17(8-9)13(19)10-5-2-6-16-11(10)14/h2,5-6,9H,3-4,7-8H2,1H3,(H,15,18). The number of carbonyl (C=O) groups is 2. The second kappa shape index (κ2) is 5.77. The van der Waals surface area contributed by atoms with E-state index in [9.17, 15) is 14.0 Å². The maximum Gasteiger partial charge on any atom is 0.258 e. The van der Waals surface area contributed by atoms with Crippen LogP contribution in [0.2, 0.25) is 0 Å². The highest BCUT2D eigenvalue weighted by Gasteiger charge is 2.29. The van der Waals surface area contributed by atoms with Gasteiger partial charge in [-0.3, -0.25) is 9.59 Å². The fourth-order valence-electron chi connectivity index (χ4n) is 2.30. The number of aromatic nitrogens is 1. The number of likely N-dealkylation sites (tertiary alicyclic amines) is 1. The number of amides is 2. The second-order valence-corrected chi connectivity index (χ2v) is 4.55. The molecule has 0 spiro atoms. The average molecular weight is 265 g/mol. The van der Waals surface area contributed by atoms with Gasteiger partial charge in [0.25, 0.3) is 5.91 Å². The Kier molecular flexibility index (Phi) is 4.09. The average Bonchev–Trinajstić information content (AvgIpc) is 2.46. The van der Waals surface area contributed by atoms with Gasteiger partial charge in [-0.15, -0.1) is 0 Å². The molecule has 0 saturated carbocycles. The largest absolute Gasteiger partial charge is 0.359 e. The van der Waals surface area contributed by atoms with Gasteiger partial charge in [-0.2, -0.15) is 4.39 Å². The zero-order valence-electron chi connectivity index (χ0n) is 10.7. The smallest absolute Gasteiger partial charge is 0.258 e. The fraction of sp³-hybridized carbons (Fsp3) is 0.462. The summed E-state index contributed by atoms with van der Waals surface area (Å²) in [6.45, 7) is 0.869. The summed E-state index contributed by atoms with van der Waals surface area (Å²) in [7, 11) is 1.57. The molecule has 0 radical (unpaired) electrons. The molecule has 19 heavy (non-hydrogen) atoms. The molecule has 1 atom stereocenters. The van der Waals surface area contributed by atoms with Crippen molar-refractivity contribution >= 4 is 11.8 Å². The van der Waals surface area contributed by atoms with Crippen molar-refractivity contribution in [2.75, 3.05) is 20.1 Å². The van der Waals surface area contributed by atoms with Crippen LogP contribution in [0, 0.1) is 11.9 Å². The maximum absolute atomic E-state index is 13.5. The number of piperidine rings is 1. The van der Waals surface area contributed by atoms with E-state index in [1.165, 1.54) is 23.2 Å². The Bertz CT molecular complexity index is 493. The Balaban J connectivity index is 2.11. The van der Waals surface area contributed by atoms with Crippen LogP contribution in [0.25, 0.3) is 0 Å². The first-order valence-corrected chi connectivity index (χ1v) is 6.25. The molecule has 1 fully saturated rings. The number of carbonyl (C=O) groups excluding carboxylic acids is 2. The summed E-state index contributed by atoms with van der Waals surface area (Å²) in [6, 6.07) is 2.94. The zero-order chi connectivity index (χ0) is 13.8. The van der Waals surface area contributed by atoms with Gasteiger partial charge in [0.1, 0.15) is 0 Å². The molecule has 1 aromatic rings. The van der Waals surface area contributed by atoms with E-state index in [1.54, 1.807) is 7.05 Å². The molecule has 1 aliphatic rings. The topological polar surface area (TPSA) is 62.3 Å². The van der Waals surface area contributed by atoms with E-state index in [2.05, 4.69) is 10.3 Å². The molecule has 2 heterocycles. The van der Waals surface area contributed by atoms with Crippen molar-refractivity contribution < 1.29 is 14.0 Å². The molecule has 1 unspecified atom stereocenters. The molecule has 1 N–H and O–H groups in total. The fourth-order valence-corrected chi connectivity index (χ4v) is 2.30. The number of hydrogen-bond acceptors (Lipinski definition) is 3. The van der Waals surface area contributed by atoms with Crippen LogP contribution in [0.1, 0.15) is 23.2 Å². The van der Waals surface area contributed by atoms with Crippen molar-refractivity contribution in [1.82, 2.24) is 15.2 Å². The van der Waals surface area contributed by atoms with Crippen LogP contribution in [0.5, 0.6) is 0 Å². The van der Waals surface area contributed by atoms with Gasteiger partial charge in [0, 0.05) is 26.3 Å². The number of hydrogen-bond donors (Lipinski definition) is 1. The third kappa shape index (κ3) is 2.89. The van der Waals surface area contributed by atoms with E-state index in [0.29, 0.717) is 13.1 Å². The van der Waals surface area contributed by atoms with Gasteiger partial charge < -0.3 is 10.2 Å². The molecule has 0 aromatic carbocycles. The van der Waals surface area contributed by atoms with Crippen molar-refractivity contribution in [3.05, 3.63) is 29.8 Å². The van der Waals surface area contributed by atoms with Crippen LogP contribution in [0.3, 0.4) is 0 Å². The van der Waals surface area contributed by atoms with Crippen LogP contribution >= 0.6 is 0 Å². The normalized spacial score (nSPS) is 19.1. The predicted octanol–water partition coefficient (Wildman–Crippen LogP) is 0.819. The van der Waals surface area contributed by atoms with Crippen molar-refractivity contribution in [2.24, 2.45) is 5.92 Å². The Hall–Kier alpha value is -1.98. The van der Waals surface area contributed by atoms with E-state index in [-0.39, 0.29) is 17.4 Å². The quantitative estimate of drug-likeness (QED) is 0.805. The van der Waals surface area contributed by atoms with Crippen LogP contribution in [-0.2, 0) is 4.79 Å². The molecule has 2 rings (SSSR count). The van der Waals surface area contributed by atoms with Crippen LogP contribution < -0.4 is 5.32 Å². The summed E-state index contributed by atoms with van der Waals surface area (Å²) in [5.74, 6) is -1.47. The summed E-state index contributed by atoms with van der Waals surface area (Å²) in [4.78, 5) is 28.8. The first-order valence-electron chi connectivity index (χ1n) is 6.25. The van der Waals surface area contributed by atoms with Crippen molar-refractivity contribution in [3.63, 3.8) is 0 Å². The highest BCUT2D eigenvalue weighted by atomic mass is 19.1. The van der Waals surface area contributed by atoms with Gasteiger partial charge in [0.15, 0.2) is 0 Å². The summed E-state index contributed by atoms with van der Waals surface area (Å²) in [5.41, 5.74) is -0.0416. The maximum atomic E-state index is 13.5. The highest BCUT2D eigenvalue weighted by molar-refractivity contribution is 5.94. The number of nitrogens with one attached hydrogen (secondary N) is 1. The lowest BCUT2D eigenvalue weighted by Gasteiger charge is -2.31. The van der Waals surface area contributed by atoms with Gasteiger partial charge in [-0.05, 0) is 25.0 Å². The number of rotatable bonds is 2. The third-order valence-corrected chi connectivity index (χ3v) is 3.32. The Morgan fingerprint density at radius 3 is 3.00 bits per heavy atom. The van der Waals surface area contributed by atoms with Gasteiger partial charge in [0.05, 0.1) is 11.5 Å². The summed E-state index contributed by atoms with van der Waals surface area (Å²) in [5, 5.41) is 2.58. The number of pyridine rings is 1. The number of halogens is 1. The molecule has 102 valence electrons. The minimum Gasteiger partial charge on any atom is -0.359 e. The van der Waals surface area contributed by atoms with E-state index in [1.807, 2.05) is 0 Å². The van der Waals surface area contributed by atoms with Gasteiger partial charge >= 0.3 is 0 Å². The first kappa shape index (κ1) is 13.5. The van der Waals surface area contributed by atoms with E-state index >= 15 is 0 Å². The van der Waals surface area contributed by atoms with Crippen LogP contribution in [0.4, 0.5) is 4.39 Å².